The van der Waals surface area contributed by atoms with Crippen LogP contribution in [0.1, 0.15) is 50.7 Å². The van der Waals surface area contributed by atoms with Crippen LogP contribution in [0.5, 0.6) is 5.75 Å². The van der Waals surface area contributed by atoms with Gasteiger partial charge in [-0.3, -0.25) is 0 Å². The number of nitrogens with one attached hydrogen (secondary N) is 1. The van der Waals surface area contributed by atoms with Gasteiger partial charge in [0.15, 0.2) is 0 Å². The van der Waals surface area contributed by atoms with Crippen molar-refractivity contribution in [2.75, 3.05) is 19.4 Å². The lowest BCUT2D eigenvalue weighted by Crippen LogP contribution is -2.13. The molecule has 0 amide bonds. The zero-order chi connectivity index (χ0) is 14.6. The highest BCUT2D eigenvalue weighted by molar-refractivity contribution is 7.98. The summed E-state index contributed by atoms with van der Waals surface area (Å²) in [6, 6.07) is 6.55. The minimum absolute atomic E-state index is 0.950. The molecule has 2 nitrogen and oxygen atoms in total. The van der Waals surface area contributed by atoms with Gasteiger partial charge in [-0.15, -0.1) is 0 Å². The normalized spacial score (nSPS) is 10.8. The van der Waals surface area contributed by atoms with Gasteiger partial charge in [0.25, 0.3) is 0 Å². The van der Waals surface area contributed by atoms with Crippen molar-refractivity contribution >= 4 is 11.8 Å². The summed E-state index contributed by atoms with van der Waals surface area (Å²) in [6.45, 7) is 6.47. The van der Waals surface area contributed by atoms with E-state index in [0.717, 1.165) is 24.6 Å². The summed E-state index contributed by atoms with van der Waals surface area (Å²) in [5.41, 5.74) is 2.67. The smallest absolute Gasteiger partial charge is 0.122 e. The zero-order valence-electron chi connectivity index (χ0n) is 13.2. The van der Waals surface area contributed by atoms with Gasteiger partial charge in [-0.05, 0) is 42.8 Å². The molecule has 0 saturated carbocycles. The van der Waals surface area contributed by atoms with E-state index < -0.39 is 0 Å². The largest absolute Gasteiger partial charge is 0.496 e. The van der Waals surface area contributed by atoms with Crippen molar-refractivity contribution in [3.8, 4) is 5.75 Å². The molecule has 1 aromatic carbocycles. The van der Waals surface area contributed by atoms with Crippen molar-refractivity contribution in [1.82, 2.24) is 5.32 Å². The van der Waals surface area contributed by atoms with Gasteiger partial charge in [-0.2, -0.15) is 11.8 Å². The fourth-order valence-corrected chi connectivity index (χ4v) is 3.10. The average Bonchev–Trinajstić information content (AvgIpc) is 2.47. The van der Waals surface area contributed by atoms with Gasteiger partial charge in [0, 0.05) is 17.9 Å². The Morgan fingerprint density at radius 3 is 2.70 bits per heavy atom. The molecule has 0 aromatic heterocycles. The van der Waals surface area contributed by atoms with Gasteiger partial charge in [0.05, 0.1) is 7.11 Å². The van der Waals surface area contributed by atoms with Gasteiger partial charge in [0.1, 0.15) is 5.75 Å². The van der Waals surface area contributed by atoms with Crippen molar-refractivity contribution in [2.24, 2.45) is 0 Å². The molecule has 0 atom stereocenters. The van der Waals surface area contributed by atoms with E-state index in [1.807, 2.05) is 11.8 Å². The summed E-state index contributed by atoms with van der Waals surface area (Å²) < 4.78 is 5.47. The summed E-state index contributed by atoms with van der Waals surface area (Å²) >= 11 is 2.01. The number of methoxy groups -OCH3 is 1. The number of rotatable bonds is 11. The van der Waals surface area contributed by atoms with E-state index in [9.17, 15) is 0 Å². The molecule has 0 aliphatic carbocycles. The zero-order valence-corrected chi connectivity index (χ0v) is 14.0. The number of thioether (sulfide) groups is 1. The molecule has 0 aliphatic rings. The standard InChI is InChI=1S/C17H29NOS/c1-4-6-7-11-20-14-16-12-15(13-18-10-5-2)8-9-17(16)19-3/h8-9,12,18H,4-7,10-11,13-14H2,1-3H3. The molecule has 0 fully saturated rings. The van der Waals surface area contributed by atoms with Crippen LogP contribution in [0.15, 0.2) is 18.2 Å². The molecule has 0 radical (unpaired) electrons. The van der Waals surface area contributed by atoms with Crippen LogP contribution in [-0.4, -0.2) is 19.4 Å². The Kier molecular flexibility index (Phi) is 9.60. The lowest BCUT2D eigenvalue weighted by molar-refractivity contribution is 0.411. The van der Waals surface area contributed by atoms with E-state index in [1.54, 1.807) is 7.11 Å². The molecule has 1 rings (SSSR count). The quantitative estimate of drug-likeness (QED) is 0.602. The van der Waals surface area contributed by atoms with Crippen LogP contribution in [0.3, 0.4) is 0 Å². The molecule has 0 spiro atoms. The number of unbranched alkanes of at least 4 members (excludes halogenated alkanes) is 2. The Labute approximate surface area is 128 Å². The van der Waals surface area contributed by atoms with Crippen LogP contribution in [0.2, 0.25) is 0 Å². The second kappa shape index (κ2) is 11.0. The van der Waals surface area contributed by atoms with Gasteiger partial charge >= 0.3 is 0 Å². The number of hydrogen-bond acceptors (Lipinski definition) is 3. The third kappa shape index (κ3) is 6.67. The van der Waals surface area contributed by atoms with E-state index in [4.69, 9.17) is 4.74 Å². The number of hydrogen-bond donors (Lipinski definition) is 1. The van der Waals surface area contributed by atoms with Crippen LogP contribution in [0.25, 0.3) is 0 Å². The minimum atomic E-state index is 0.950. The van der Waals surface area contributed by atoms with Crippen LogP contribution < -0.4 is 10.1 Å². The van der Waals surface area contributed by atoms with Crippen LogP contribution in [-0.2, 0) is 12.3 Å². The highest BCUT2D eigenvalue weighted by atomic mass is 32.2. The predicted molar refractivity (Wildman–Crippen MR) is 90.7 cm³/mol. The topological polar surface area (TPSA) is 21.3 Å². The number of benzene rings is 1. The SMILES string of the molecule is CCCCCSCc1cc(CNCCC)ccc1OC. The summed E-state index contributed by atoms with van der Waals surface area (Å²) in [5.74, 6) is 3.32. The highest BCUT2D eigenvalue weighted by Crippen LogP contribution is 2.25. The Hall–Kier alpha value is -0.670. The fourth-order valence-electron chi connectivity index (χ4n) is 2.10. The molecular weight excluding hydrogens is 266 g/mol. The predicted octanol–water partition coefficient (Wildman–Crippen LogP) is 4.62. The van der Waals surface area contributed by atoms with E-state index in [2.05, 4.69) is 37.4 Å². The molecule has 0 aliphatic heterocycles. The second-order valence-electron chi connectivity index (χ2n) is 5.08. The van der Waals surface area contributed by atoms with E-state index in [1.165, 1.54) is 42.6 Å². The first kappa shape index (κ1) is 17.4. The molecular formula is C17H29NOS. The molecule has 3 heteroatoms. The Balaban J connectivity index is 2.50. The van der Waals surface area contributed by atoms with Crippen molar-refractivity contribution in [2.45, 2.75) is 51.8 Å². The monoisotopic (exact) mass is 295 g/mol. The van der Waals surface area contributed by atoms with Crippen LogP contribution in [0, 0.1) is 0 Å². The van der Waals surface area contributed by atoms with Gasteiger partial charge in [-0.1, -0.05) is 32.8 Å². The Morgan fingerprint density at radius 1 is 1.15 bits per heavy atom. The molecule has 20 heavy (non-hydrogen) atoms. The Morgan fingerprint density at radius 2 is 2.00 bits per heavy atom. The lowest BCUT2D eigenvalue weighted by Gasteiger charge is -2.11. The average molecular weight is 295 g/mol. The maximum absolute atomic E-state index is 5.47. The first-order valence-electron chi connectivity index (χ1n) is 7.76. The first-order valence-corrected chi connectivity index (χ1v) is 8.91. The van der Waals surface area contributed by atoms with Crippen LogP contribution >= 0.6 is 11.8 Å². The number of ether oxygens (including phenoxy) is 1. The molecule has 1 N–H and O–H groups in total. The van der Waals surface area contributed by atoms with Crippen molar-refractivity contribution in [3.05, 3.63) is 29.3 Å². The minimum Gasteiger partial charge on any atom is -0.496 e. The summed E-state index contributed by atoms with van der Waals surface area (Å²) in [7, 11) is 1.76. The molecule has 114 valence electrons. The molecule has 1 aromatic rings. The van der Waals surface area contributed by atoms with E-state index in [0.29, 0.717) is 0 Å². The first-order chi connectivity index (χ1) is 9.81. The second-order valence-corrected chi connectivity index (χ2v) is 6.19. The van der Waals surface area contributed by atoms with E-state index in [-0.39, 0.29) is 0 Å². The fraction of sp³-hybridized carbons (Fsp3) is 0.647. The maximum Gasteiger partial charge on any atom is 0.122 e. The molecule has 0 heterocycles. The third-order valence-corrected chi connectivity index (χ3v) is 4.34. The molecule has 0 saturated heterocycles. The van der Waals surface area contributed by atoms with E-state index >= 15 is 0 Å². The summed E-state index contributed by atoms with van der Waals surface area (Å²) in [4.78, 5) is 0. The summed E-state index contributed by atoms with van der Waals surface area (Å²) in [6.07, 6.45) is 5.13. The third-order valence-electron chi connectivity index (χ3n) is 3.25. The highest BCUT2D eigenvalue weighted by Gasteiger charge is 2.05. The van der Waals surface area contributed by atoms with Gasteiger partial charge in [-0.25, -0.2) is 0 Å². The van der Waals surface area contributed by atoms with Crippen LogP contribution in [0.4, 0.5) is 0 Å². The summed E-state index contributed by atoms with van der Waals surface area (Å²) in [5, 5.41) is 3.45. The molecule has 0 unspecified atom stereocenters. The van der Waals surface area contributed by atoms with Crippen molar-refractivity contribution in [1.29, 1.82) is 0 Å². The lowest BCUT2D eigenvalue weighted by atomic mass is 10.1. The van der Waals surface area contributed by atoms with Gasteiger partial charge in [0.2, 0.25) is 0 Å². The van der Waals surface area contributed by atoms with Gasteiger partial charge < -0.3 is 10.1 Å². The Bertz CT molecular complexity index is 368. The van der Waals surface area contributed by atoms with Crippen molar-refractivity contribution in [3.63, 3.8) is 0 Å². The molecule has 0 bridgehead atoms. The maximum atomic E-state index is 5.47. The van der Waals surface area contributed by atoms with Crippen molar-refractivity contribution < 1.29 is 4.74 Å².